The molecule has 0 bridgehead atoms. The summed E-state index contributed by atoms with van der Waals surface area (Å²) in [6, 6.07) is 26.2. The third-order valence-corrected chi connectivity index (χ3v) is 6.92. The van der Waals surface area contributed by atoms with Gasteiger partial charge in [-0.25, -0.2) is 4.79 Å². The van der Waals surface area contributed by atoms with Gasteiger partial charge in [-0.05, 0) is 41.3 Å². The lowest BCUT2D eigenvalue weighted by molar-refractivity contribution is -0.138. The summed E-state index contributed by atoms with van der Waals surface area (Å²) in [6.45, 7) is 1.55. The standard InChI is InChI=1S/C31H28F3N5O3/c32-31(33,34)26-9-5-4-8-25(26)29(40)39-20-18-38(19-21-39)27-14-15-28(37-36-27)42-30(41)35-17-16-22-10-12-24(13-11-22)23-6-2-1-3-7-23/h1-15H,16-21H2,(H,35,41). The number of carbonyl (C=O) groups excluding carboxylic acids is 2. The molecule has 1 fully saturated rings. The number of piperazine rings is 1. The van der Waals surface area contributed by atoms with Gasteiger partial charge in [-0.15, -0.1) is 10.2 Å². The SMILES string of the molecule is O=C(NCCc1ccc(-c2ccccc2)cc1)Oc1ccc(N2CCN(C(=O)c3ccccc3C(F)(F)F)CC2)nn1. The molecule has 3 aromatic carbocycles. The van der Waals surface area contributed by atoms with Crippen LogP contribution in [-0.2, 0) is 12.6 Å². The van der Waals surface area contributed by atoms with Gasteiger partial charge >= 0.3 is 12.3 Å². The van der Waals surface area contributed by atoms with Gasteiger partial charge in [0.2, 0.25) is 5.88 Å². The average molecular weight is 576 g/mol. The van der Waals surface area contributed by atoms with Crippen molar-refractivity contribution in [1.82, 2.24) is 20.4 Å². The van der Waals surface area contributed by atoms with E-state index in [1.165, 1.54) is 29.2 Å². The summed E-state index contributed by atoms with van der Waals surface area (Å²) in [5.74, 6) is -0.127. The maximum atomic E-state index is 13.3. The van der Waals surface area contributed by atoms with Gasteiger partial charge in [-0.1, -0.05) is 66.7 Å². The van der Waals surface area contributed by atoms with Gasteiger partial charge in [0.1, 0.15) is 0 Å². The molecule has 216 valence electrons. The monoisotopic (exact) mass is 575 g/mol. The molecule has 2 amide bonds. The van der Waals surface area contributed by atoms with Gasteiger partial charge in [-0.3, -0.25) is 4.79 Å². The molecule has 8 nitrogen and oxygen atoms in total. The highest BCUT2D eigenvalue weighted by Gasteiger charge is 2.36. The van der Waals surface area contributed by atoms with E-state index in [2.05, 4.69) is 27.6 Å². The molecule has 1 aliphatic rings. The first-order valence-electron chi connectivity index (χ1n) is 13.4. The van der Waals surface area contributed by atoms with Crippen LogP contribution in [0.2, 0.25) is 0 Å². The van der Waals surface area contributed by atoms with Gasteiger partial charge in [-0.2, -0.15) is 13.2 Å². The molecular formula is C31H28F3N5O3. The van der Waals surface area contributed by atoms with Crippen molar-refractivity contribution < 1.29 is 27.5 Å². The van der Waals surface area contributed by atoms with Gasteiger partial charge in [0.25, 0.3) is 5.91 Å². The Morgan fingerprint density at radius 2 is 1.45 bits per heavy atom. The number of ether oxygens (including phenoxy) is 1. The summed E-state index contributed by atoms with van der Waals surface area (Å²) in [7, 11) is 0. The van der Waals surface area contributed by atoms with Crippen molar-refractivity contribution in [1.29, 1.82) is 0 Å². The summed E-state index contributed by atoms with van der Waals surface area (Å²) < 4.78 is 45.2. The van der Waals surface area contributed by atoms with Crippen LogP contribution in [0.3, 0.4) is 0 Å². The second-order valence-corrected chi connectivity index (χ2v) is 9.68. The highest BCUT2D eigenvalue weighted by molar-refractivity contribution is 5.96. The Bertz CT molecular complexity index is 1510. The van der Waals surface area contributed by atoms with Gasteiger partial charge in [0, 0.05) is 38.8 Å². The molecule has 0 atom stereocenters. The quantitative estimate of drug-likeness (QED) is 0.315. The Hall–Kier alpha value is -4.93. The molecule has 0 unspecified atom stereocenters. The van der Waals surface area contributed by atoms with Crippen LogP contribution in [0, 0.1) is 0 Å². The fourth-order valence-corrected chi connectivity index (χ4v) is 4.70. The van der Waals surface area contributed by atoms with E-state index in [1.54, 1.807) is 6.07 Å². The van der Waals surface area contributed by atoms with Crippen molar-refractivity contribution in [3.63, 3.8) is 0 Å². The minimum absolute atomic E-state index is 0.0287. The largest absolute Gasteiger partial charge is 0.417 e. The van der Waals surface area contributed by atoms with Crippen molar-refractivity contribution in [2.75, 3.05) is 37.6 Å². The van der Waals surface area contributed by atoms with Crippen LogP contribution in [0.15, 0.2) is 91.0 Å². The first-order valence-corrected chi connectivity index (χ1v) is 13.4. The summed E-state index contributed by atoms with van der Waals surface area (Å²) in [5, 5.41) is 10.8. The van der Waals surface area contributed by atoms with Gasteiger partial charge in [0.05, 0.1) is 11.1 Å². The molecular weight excluding hydrogens is 547 g/mol. The predicted molar refractivity (Wildman–Crippen MR) is 151 cm³/mol. The molecule has 4 aromatic rings. The number of hydrogen-bond acceptors (Lipinski definition) is 6. The van der Waals surface area contributed by atoms with Crippen molar-refractivity contribution >= 4 is 17.8 Å². The zero-order valence-electron chi connectivity index (χ0n) is 22.6. The highest BCUT2D eigenvalue weighted by atomic mass is 19.4. The Morgan fingerprint density at radius 3 is 2.12 bits per heavy atom. The zero-order chi connectivity index (χ0) is 29.5. The molecule has 1 saturated heterocycles. The van der Waals surface area contributed by atoms with Crippen molar-refractivity contribution in [3.05, 3.63) is 108 Å². The molecule has 11 heteroatoms. The predicted octanol–water partition coefficient (Wildman–Crippen LogP) is 5.46. The summed E-state index contributed by atoms with van der Waals surface area (Å²) in [5.41, 5.74) is 2.03. The lowest BCUT2D eigenvalue weighted by Gasteiger charge is -2.35. The molecule has 0 spiro atoms. The Morgan fingerprint density at radius 1 is 0.786 bits per heavy atom. The topological polar surface area (TPSA) is 87.7 Å². The number of halogens is 3. The number of rotatable bonds is 7. The van der Waals surface area contributed by atoms with Crippen LogP contribution in [0.25, 0.3) is 11.1 Å². The number of alkyl halides is 3. The van der Waals surface area contributed by atoms with E-state index in [0.717, 1.165) is 22.8 Å². The van der Waals surface area contributed by atoms with E-state index in [-0.39, 0.29) is 24.5 Å². The molecule has 0 aliphatic carbocycles. The molecule has 1 aliphatic heterocycles. The summed E-state index contributed by atoms with van der Waals surface area (Å²) in [6.07, 6.45) is -4.63. The Balaban J connectivity index is 1.07. The first kappa shape index (κ1) is 28.6. The van der Waals surface area contributed by atoms with Crippen LogP contribution in [0.4, 0.5) is 23.8 Å². The number of nitrogens with zero attached hydrogens (tertiary/aromatic N) is 4. The third kappa shape index (κ3) is 7.03. The van der Waals surface area contributed by atoms with E-state index in [1.807, 2.05) is 47.4 Å². The third-order valence-electron chi connectivity index (χ3n) is 6.92. The van der Waals surface area contributed by atoms with Gasteiger partial charge in [0.15, 0.2) is 5.82 Å². The Labute approximate surface area is 240 Å². The van der Waals surface area contributed by atoms with Crippen LogP contribution in [0.5, 0.6) is 5.88 Å². The van der Waals surface area contributed by atoms with E-state index < -0.39 is 23.7 Å². The lowest BCUT2D eigenvalue weighted by Crippen LogP contribution is -2.49. The molecule has 2 heterocycles. The highest BCUT2D eigenvalue weighted by Crippen LogP contribution is 2.32. The number of amides is 2. The molecule has 1 N–H and O–H groups in total. The number of nitrogens with one attached hydrogen (secondary N) is 1. The normalized spacial score (nSPS) is 13.5. The molecule has 5 rings (SSSR count). The van der Waals surface area contributed by atoms with Crippen molar-refractivity contribution in [2.45, 2.75) is 12.6 Å². The van der Waals surface area contributed by atoms with Gasteiger partial charge < -0.3 is 19.9 Å². The van der Waals surface area contributed by atoms with Crippen LogP contribution < -0.4 is 15.0 Å². The lowest BCUT2D eigenvalue weighted by atomic mass is 10.0. The Kier molecular flexibility index (Phi) is 8.66. The number of aromatic nitrogens is 2. The number of carbonyl (C=O) groups is 2. The zero-order valence-corrected chi connectivity index (χ0v) is 22.6. The van der Waals surface area contributed by atoms with Crippen LogP contribution in [0.1, 0.15) is 21.5 Å². The van der Waals surface area contributed by atoms with E-state index in [0.29, 0.717) is 31.9 Å². The second-order valence-electron chi connectivity index (χ2n) is 9.68. The van der Waals surface area contributed by atoms with E-state index in [9.17, 15) is 22.8 Å². The molecule has 42 heavy (non-hydrogen) atoms. The maximum Gasteiger partial charge on any atom is 0.417 e. The average Bonchev–Trinajstić information content (AvgIpc) is 3.01. The number of anilines is 1. The summed E-state index contributed by atoms with van der Waals surface area (Å²) >= 11 is 0. The van der Waals surface area contributed by atoms with Crippen molar-refractivity contribution in [3.8, 4) is 17.0 Å². The number of hydrogen-bond donors (Lipinski definition) is 1. The maximum absolute atomic E-state index is 13.3. The fourth-order valence-electron chi connectivity index (χ4n) is 4.70. The fraction of sp³-hybridized carbons (Fsp3) is 0.226. The van der Waals surface area contributed by atoms with Crippen LogP contribution >= 0.6 is 0 Å². The molecule has 1 aromatic heterocycles. The molecule has 0 radical (unpaired) electrons. The van der Waals surface area contributed by atoms with E-state index >= 15 is 0 Å². The second kappa shape index (κ2) is 12.7. The molecule has 0 saturated carbocycles. The van der Waals surface area contributed by atoms with Crippen molar-refractivity contribution in [2.24, 2.45) is 0 Å². The van der Waals surface area contributed by atoms with Crippen LogP contribution in [-0.4, -0.2) is 59.8 Å². The minimum Gasteiger partial charge on any atom is -0.390 e. The first-order chi connectivity index (χ1) is 20.3. The number of benzene rings is 3. The van der Waals surface area contributed by atoms with E-state index in [4.69, 9.17) is 4.74 Å². The smallest absolute Gasteiger partial charge is 0.390 e. The summed E-state index contributed by atoms with van der Waals surface area (Å²) in [4.78, 5) is 28.3. The minimum atomic E-state index is -4.61.